The lowest BCUT2D eigenvalue weighted by Crippen LogP contribution is -2.30. The Morgan fingerprint density at radius 3 is 3.00 bits per heavy atom. The molecule has 1 aliphatic rings. The first-order valence-corrected chi connectivity index (χ1v) is 8.80. The number of halogens is 1. The Bertz CT molecular complexity index is 714. The van der Waals surface area contributed by atoms with E-state index in [0.29, 0.717) is 29.6 Å². The van der Waals surface area contributed by atoms with E-state index in [-0.39, 0.29) is 17.9 Å². The third kappa shape index (κ3) is 3.78. The average Bonchev–Trinajstić information content (AvgIpc) is 3.22. The van der Waals surface area contributed by atoms with Gasteiger partial charge in [0.2, 0.25) is 11.8 Å². The van der Waals surface area contributed by atoms with Crippen molar-refractivity contribution < 1.29 is 9.32 Å². The molecular formula is C18H22ClN3O2. The summed E-state index contributed by atoms with van der Waals surface area (Å²) in [6.45, 7) is 4.82. The Labute approximate surface area is 147 Å². The van der Waals surface area contributed by atoms with Crippen LogP contribution >= 0.6 is 11.6 Å². The van der Waals surface area contributed by atoms with Gasteiger partial charge in [0.05, 0.1) is 6.04 Å². The molecule has 2 heterocycles. The highest BCUT2D eigenvalue weighted by atomic mass is 35.5. The molecule has 5 nitrogen and oxygen atoms in total. The monoisotopic (exact) mass is 347 g/mol. The number of aryl methyl sites for hydroxylation is 1. The molecule has 0 saturated carbocycles. The van der Waals surface area contributed by atoms with Crippen LogP contribution in [-0.4, -0.2) is 27.5 Å². The molecule has 2 aromatic rings. The molecule has 128 valence electrons. The van der Waals surface area contributed by atoms with E-state index in [1.165, 1.54) is 0 Å². The summed E-state index contributed by atoms with van der Waals surface area (Å²) < 4.78 is 5.22. The predicted octanol–water partition coefficient (Wildman–Crippen LogP) is 4.14. The number of nitrogens with zero attached hydrogens (tertiary/aromatic N) is 3. The largest absolute Gasteiger partial charge is 0.339 e. The SMILES string of the molecule is CC(C)c1noc(CCC(=O)N2CCCC2c2cccc(Cl)c2)n1. The summed E-state index contributed by atoms with van der Waals surface area (Å²) in [4.78, 5) is 18.9. The summed E-state index contributed by atoms with van der Waals surface area (Å²) >= 11 is 6.09. The van der Waals surface area contributed by atoms with Crippen LogP contribution in [0.4, 0.5) is 0 Å². The number of carbonyl (C=O) groups is 1. The maximum atomic E-state index is 12.6. The minimum Gasteiger partial charge on any atom is -0.339 e. The quantitative estimate of drug-likeness (QED) is 0.815. The number of benzene rings is 1. The minimum absolute atomic E-state index is 0.116. The summed E-state index contributed by atoms with van der Waals surface area (Å²) in [7, 11) is 0. The van der Waals surface area contributed by atoms with Gasteiger partial charge in [-0.1, -0.05) is 42.7 Å². The van der Waals surface area contributed by atoms with Crippen LogP contribution in [0.3, 0.4) is 0 Å². The first kappa shape index (κ1) is 17.0. The molecule has 0 aliphatic carbocycles. The summed E-state index contributed by atoms with van der Waals surface area (Å²) in [6, 6.07) is 7.89. The fourth-order valence-corrected chi connectivity index (χ4v) is 3.29. The number of carbonyl (C=O) groups excluding carboxylic acids is 1. The highest BCUT2D eigenvalue weighted by Crippen LogP contribution is 2.33. The van der Waals surface area contributed by atoms with Gasteiger partial charge in [0.25, 0.3) is 0 Å². The Balaban J connectivity index is 1.63. The van der Waals surface area contributed by atoms with Crippen molar-refractivity contribution in [2.24, 2.45) is 0 Å². The zero-order chi connectivity index (χ0) is 17.1. The van der Waals surface area contributed by atoms with Crippen LogP contribution in [0.15, 0.2) is 28.8 Å². The highest BCUT2D eigenvalue weighted by molar-refractivity contribution is 6.30. The third-order valence-corrected chi connectivity index (χ3v) is 4.59. The van der Waals surface area contributed by atoms with Crippen LogP contribution in [0, 0.1) is 0 Å². The second kappa shape index (κ2) is 7.34. The van der Waals surface area contributed by atoms with E-state index in [4.69, 9.17) is 16.1 Å². The van der Waals surface area contributed by atoms with Crippen LogP contribution in [0.25, 0.3) is 0 Å². The number of hydrogen-bond acceptors (Lipinski definition) is 4. The average molecular weight is 348 g/mol. The molecule has 1 atom stereocenters. The predicted molar refractivity (Wildman–Crippen MR) is 91.8 cm³/mol. The van der Waals surface area contributed by atoms with Gasteiger partial charge in [-0.3, -0.25) is 4.79 Å². The van der Waals surface area contributed by atoms with Gasteiger partial charge < -0.3 is 9.42 Å². The van der Waals surface area contributed by atoms with E-state index in [9.17, 15) is 4.79 Å². The van der Waals surface area contributed by atoms with Crippen molar-refractivity contribution in [2.75, 3.05) is 6.54 Å². The maximum Gasteiger partial charge on any atom is 0.227 e. The van der Waals surface area contributed by atoms with E-state index in [2.05, 4.69) is 10.1 Å². The number of likely N-dealkylation sites (tertiary alicyclic amines) is 1. The molecule has 1 amide bonds. The molecule has 1 saturated heterocycles. The van der Waals surface area contributed by atoms with E-state index >= 15 is 0 Å². The van der Waals surface area contributed by atoms with Crippen LogP contribution in [0.1, 0.15) is 62.3 Å². The van der Waals surface area contributed by atoms with Crippen molar-refractivity contribution in [3.05, 3.63) is 46.6 Å². The van der Waals surface area contributed by atoms with Crippen molar-refractivity contribution in [2.45, 2.75) is 51.5 Å². The van der Waals surface area contributed by atoms with E-state index in [1.807, 2.05) is 43.0 Å². The lowest BCUT2D eigenvalue weighted by atomic mass is 10.0. The molecule has 0 N–H and O–H groups in total. The first-order chi connectivity index (χ1) is 11.5. The Morgan fingerprint density at radius 2 is 2.29 bits per heavy atom. The van der Waals surface area contributed by atoms with Crippen molar-refractivity contribution in [1.29, 1.82) is 0 Å². The fourth-order valence-electron chi connectivity index (χ4n) is 3.09. The lowest BCUT2D eigenvalue weighted by Gasteiger charge is -2.25. The van der Waals surface area contributed by atoms with Crippen LogP contribution in [-0.2, 0) is 11.2 Å². The molecule has 0 spiro atoms. The molecule has 1 aliphatic heterocycles. The van der Waals surface area contributed by atoms with Gasteiger partial charge in [-0.25, -0.2) is 0 Å². The van der Waals surface area contributed by atoms with Crippen molar-refractivity contribution in [3.8, 4) is 0 Å². The zero-order valence-electron chi connectivity index (χ0n) is 14.0. The second-order valence-electron chi connectivity index (χ2n) is 6.50. The van der Waals surface area contributed by atoms with Crippen molar-refractivity contribution >= 4 is 17.5 Å². The fraction of sp³-hybridized carbons (Fsp3) is 0.500. The molecule has 1 fully saturated rings. The minimum atomic E-state index is 0.116. The standard InChI is InChI=1S/C18H22ClN3O2/c1-12(2)18-20-16(24-21-18)8-9-17(23)22-10-4-7-15(22)13-5-3-6-14(19)11-13/h3,5-6,11-12,15H,4,7-10H2,1-2H3. The van der Waals surface area contributed by atoms with Crippen LogP contribution < -0.4 is 0 Å². The Kier molecular flexibility index (Phi) is 5.19. The normalized spacial score (nSPS) is 17.7. The van der Waals surface area contributed by atoms with Crippen LogP contribution in [0.2, 0.25) is 5.02 Å². The number of amides is 1. The zero-order valence-corrected chi connectivity index (χ0v) is 14.8. The molecule has 3 rings (SSSR count). The lowest BCUT2D eigenvalue weighted by molar-refractivity contribution is -0.132. The van der Waals surface area contributed by atoms with E-state index in [0.717, 1.165) is 24.9 Å². The third-order valence-electron chi connectivity index (χ3n) is 4.36. The highest BCUT2D eigenvalue weighted by Gasteiger charge is 2.30. The van der Waals surface area contributed by atoms with Gasteiger partial charge in [0.1, 0.15) is 0 Å². The number of rotatable bonds is 5. The van der Waals surface area contributed by atoms with Gasteiger partial charge in [-0.05, 0) is 30.5 Å². The summed E-state index contributed by atoms with van der Waals surface area (Å²) in [5, 5.41) is 4.65. The topological polar surface area (TPSA) is 59.2 Å². The molecule has 1 aromatic carbocycles. The molecule has 24 heavy (non-hydrogen) atoms. The van der Waals surface area contributed by atoms with Gasteiger partial charge >= 0.3 is 0 Å². The van der Waals surface area contributed by atoms with Gasteiger partial charge in [0.15, 0.2) is 5.82 Å². The molecule has 0 radical (unpaired) electrons. The van der Waals surface area contributed by atoms with E-state index in [1.54, 1.807) is 0 Å². The van der Waals surface area contributed by atoms with Crippen molar-refractivity contribution in [3.63, 3.8) is 0 Å². The molecule has 6 heteroatoms. The summed E-state index contributed by atoms with van der Waals surface area (Å²) in [5.74, 6) is 1.58. The molecule has 0 bridgehead atoms. The van der Waals surface area contributed by atoms with Crippen molar-refractivity contribution in [1.82, 2.24) is 15.0 Å². The molecular weight excluding hydrogens is 326 g/mol. The number of hydrogen-bond donors (Lipinski definition) is 0. The maximum absolute atomic E-state index is 12.6. The first-order valence-electron chi connectivity index (χ1n) is 8.42. The van der Waals surface area contributed by atoms with Crippen LogP contribution in [0.5, 0.6) is 0 Å². The van der Waals surface area contributed by atoms with Gasteiger partial charge in [-0.15, -0.1) is 0 Å². The van der Waals surface area contributed by atoms with Gasteiger partial charge in [0, 0.05) is 30.3 Å². The second-order valence-corrected chi connectivity index (χ2v) is 6.94. The molecule has 1 aromatic heterocycles. The Hall–Kier alpha value is -1.88. The van der Waals surface area contributed by atoms with Gasteiger partial charge in [-0.2, -0.15) is 4.98 Å². The number of aromatic nitrogens is 2. The smallest absolute Gasteiger partial charge is 0.227 e. The summed E-state index contributed by atoms with van der Waals surface area (Å²) in [5.41, 5.74) is 1.10. The molecule has 1 unspecified atom stereocenters. The summed E-state index contributed by atoms with van der Waals surface area (Å²) in [6.07, 6.45) is 2.86. The Morgan fingerprint density at radius 1 is 1.46 bits per heavy atom. The van der Waals surface area contributed by atoms with E-state index < -0.39 is 0 Å².